The highest BCUT2D eigenvalue weighted by Gasteiger charge is 2.25. The fourth-order valence-corrected chi connectivity index (χ4v) is 2.80. The summed E-state index contributed by atoms with van der Waals surface area (Å²) in [6.45, 7) is 7.61. The molecule has 0 amide bonds. The Kier molecular flexibility index (Phi) is 4.58. The summed E-state index contributed by atoms with van der Waals surface area (Å²) < 4.78 is 0. The van der Waals surface area contributed by atoms with Crippen LogP contribution < -0.4 is 10.2 Å². The van der Waals surface area contributed by atoms with E-state index in [9.17, 15) is 0 Å². The van der Waals surface area contributed by atoms with Gasteiger partial charge in [0.15, 0.2) is 0 Å². The van der Waals surface area contributed by atoms with Gasteiger partial charge in [0.25, 0.3) is 0 Å². The Bertz CT molecular complexity index is 420. The third-order valence-electron chi connectivity index (χ3n) is 4.06. The molecule has 2 heterocycles. The molecular formula is C14H25N5. The number of nitrogens with one attached hydrogen (secondary N) is 1. The zero-order valence-electron chi connectivity index (χ0n) is 12.5. The first-order valence-electron chi connectivity index (χ1n) is 7.18. The van der Waals surface area contributed by atoms with Gasteiger partial charge in [-0.2, -0.15) is 0 Å². The van der Waals surface area contributed by atoms with Crippen molar-refractivity contribution >= 4 is 11.6 Å². The molecule has 1 unspecified atom stereocenters. The molecule has 1 fully saturated rings. The van der Waals surface area contributed by atoms with E-state index >= 15 is 0 Å². The molecule has 0 aromatic carbocycles. The van der Waals surface area contributed by atoms with Crippen LogP contribution in [0.4, 0.5) is 11.6 Å². The molecule has 106 valence electrons. The Hall–Kier alpha value is -1.36. The van der Waals surface area contributed by atoms with Crippen molar-refractivity contribution < 1.29 is 0 Å². The highest BCUT2D eigenvalue weighted by Crippen LogP contribution is 2.26. The zero-order valence-corrected chi connectivity index (χ0v) is 12.5. The number of hydrogen-bond donors (Lipinski definition) is 1. The molecule has 0 saturated carbocycles. The van der Waals surface area contributed by atoms with Crippen molar-refractivity contribution in [3.05, 3.63) is 11.9 Å². The standard InChI is InChI=1S/C14H25N5/c1-5-11-9-19(8-7-18(11)4)14-12(6-2)13(15-3)16-10-17-14/h10-11H,5-9H2,1-4H3,(H,15,16,17). The number of aromatic nitrogens is 2. The van der Waals surface area contributed by atoms with Crippen LogP contribution in [-0.4, -0.2) is 54.6 Å². The monoisotopic (exact) mass is 263 g/mol. The molecule has 1 aromatic heterocycles. The molecule has 1 N–H and O–H groups in total. The molecule has 0 radical (unpaired) electrons. The first-order chi connectivity index (χ1) is 9.21. The molecule has 1 saturated heterocycles. The van der Waals surface area contributed by atoms with Crippen LogP contribution in [0, 0.1) is 0 Å². The number of hydrogen-bond acceptors (Lipinski definition) is 5. The van der Waals surface area contributed by atoms with E-state index in [1.165, 1.54) is 12.0 Å². The van der Waals surface area contributed by atoms with Gasteiger partial charge in [-0.15, -0.1) is 0 Å². The van der Waals surface area contributed by atoms with Gasteiger partial charge >= 0.3 is 0 Å². The van der Waals surface area contributed by atoms with Crippen LogP contribution in [0.25, 0.3) is 0 Å². The lowest BCUT2D eigenvalue weighted by atomic mass is 10.1. The average Bonchev–Trinajstić information content (AvgIpc) is 2.46. The van der Waals surface area contributed by atoms with Gasteiger partial charge in [0.2, 0.25) is 0 Å². The van der Waals surface area contributed by atoms with Gasteiger partial charge < -0.3 is 10.2 Å². The Morgan fingerprint density at radius 2 is 2.11 bits per heavy atom. The first kappa shape index (κ1) is 14.1. The van der Waals surface area contributed by atoms with E-state index in [1.807, 2.05) is 7.05 Å². The molecule has 0 spiro atoms. The summed E-state index contributed by atoms with van der Waals surface area (Å²) in [6.07, 6.45) is 3.80. The summed E-state index contributed by atoms with van der Waals surface area (Å²) in [5.74, 6) is 2.06. The van der Waals surface area contributed by atoms with E-state index in [0.717, 1.165) is 37.7 Å². The Labute approximate surface area is 116 Å². The topological polar surface area (TPSA) is 44.3 Å². The third-order valence-corrected chi connectivity index (χ3v) is 4.06. The number of likely N-dealkylation sites (N-methyl/N-ethyl adjacent to an activating group) is 1. The molecule has 2 rings (SSSR count). The van der Waals surface area contributed by atoms with Gasteiger partial charge in [-0.3, -0.25) is 4.90 Å². The van der Waals surface area contributed by atoms with E-state index in [4.69, 9.17) is 0 Å². The fourth-order valence-electron chi connectivity index (χ4n) is 2.80. The third kappa shape index (κ3) is 2.81. The summed E-state index contributed by atoms with van der Waals surface area (Å²) in [6, 6.07) is 0.617. The number of rotatable bonds is 4. The molecule has 19 heavy (non-hydrogen) atoms. The SMILES string of the molecule is CCc1c(NC)ncnc1N1CCN(C)C(CC)C1. The smallest absolute Gasteiger partial charge is 0.137 e. The number of anilines is 2. The lowest BCUT2D eigenvalue weighted by molar-refractivity contribution is 0.212. The van der Waals surface area contributed by atoms with Crippen molar-refractivity contribution in [3.63, 3.8) is 0 Å². The van der Waals surface area contributed by atoms with Crippen LogP contribution >= 0.6 is 0 Å². The second-order valence-corrected chi connectivity index (χ2v) is 5.12. The molecule has 1 aliphatic rings. The molecule has 1 aliphatic heterocycles. The fraction of sp³-hybridized carbons (Fsp3) is 0.714. The predicted octanol–water partition coefficient (Wildman–Crippen LogP) is 1.61. The quantitative estimate of drug-likeness (QED) is 0.894. The predicted molar refractivity (Wildman–Crippen MR) is 79.9 cm³/mol. The van der Waals surface area contributed by atoms with Gasteiger partial charge in [-0.05, 0) is 19.9 Å². The maximum Gasteiger partial charge on any atom is 0.137 e. The molecule has 0 aliphatic carbocycles. The summed E-state index contributed by atoms with van der Waals surface area (Å²) in [5, 5.41) is 3.17. The van der Waals surface area contributed by atoms with E-state index in [-0.39, 0.29) is 0 Å². The molecular weight excluding hydrogens is 238 g/mol. The van der Waals surface area contributed by atoms with Crippen LogP contribution in [0.3, 0.4) is 0 Å². The van der Waals surface area contributed by atoms with Crippen LogP contribution in [0.5, 0.6) is 0 Å². The van der Waals surface area contributed by atoms with Crippen LogP contribution in [0.1, 0.15) is 25.8 Å². The summed E-state index contributed by atoms with van der Waals surface area (Å²) in [7, 11) is 4.13. The molecule has 5 nitrogen and oxygen atoms in total. The second kappa shape index (κ2) is 6.19. The summed E-state index contributed by atoms with van der Waals surface area (Å²) >= 11 is 0. The molecule has 1 atom stereocenters. The van der Waals surface area contributed by atoms with Crippen molar-refractivity contribution in [2.45, 2.75) is 32.7 Å². The van der Waals surface area contributed by atoms with Crippen molar-refractivity contribution in [1.29, 1.82) is 0 Å². The number of piperazine rings is 1. The average molecular weight is 263 g/mol. The summed E-state index contributed by atoms with van der Waals surface area (Å²) in [5.41, 5.74) is 1.23. The van der Waals surface area contributed by atoms with Gasteiger partial charge in [0.05, 0.1) is 0 Å². The minimum Gasteiger partial charge on any atom is -0.373 e. The van der Waals surface area contributed by atoms with Crippen molar-refractivity contribution in [1.82, 2.24) is 14.9 Å². The van der Waals surface area contributed by atoms with Gasteiger partial charge in [0.1, 0.15) is 18.0 Å². The van der Waals surface area contributed by atoms with Crippen molar-refractivity contribution in [2.24, 2.45) is 0 Å². The lowest BCUT2D eigenvalue weighted by Gasteiger charge is -2.40. The van der Waals surface area contributed by atoms with Crippen molar-refractivity contribution in [3.8, 4) is 0 Å². The van der Waals surface area contributed by atoms with E-state index in [2.05, 4.69) is 46.0 Å². The Balaban J connectivity index is 2.26. The van der Waals surface area contributed by atoms with Gasteiger partial charge in [-0.25, -0.2) is 9.97 Å². The van der Waals surface area contributed by atoms with Crippen LogP contribution in [-0.2, 0) is 6.42 Å². The van der Waals surface area contributed by atoms with E-state index in [1.54, 1.807) is 6.33 Å². The maximum absolute atomic E-state index is 4.53. The van der Waals surface area contributed by atoms with Gasteiger partial charge in [-0.1, -0.05) is 13.8 Å². The molecule has 0 bridgehead atoms. The lowest BCUT2D eigenvalue weighted by Crippen LogP contribution is -2.51. The largest absolute Gasteiger partial charge is 0.373 e. The zero-order chi connectivity index (χ0) is 13.8. The normalized spacial score (nSPS) is 20.6. The van der Waals surface area contributed by atoms with Gasteiger partial charge in [0, 0.05) is 38.3 Å². The Morgan fingerprint density at radius 1 is 1.32 bits per heavy atom. The number of nitrogens with zero attached hydrogens (tertiary/aromatic N) is 4. The molecule has 1 aromatic rings. The molecule has 5 heteroatoms. The van der Waals surface area contributed by atoms with E-state index < -0.39 is 0 Å². The minimum atomic E-state index is 0.617. The highest BCUT2D eigenvalue weighted by molar-refractivity contribution is 5.58. The van der Waals surface area contributed by atoms with Crippen LogP contribution in [0.2, 0.25) is 0 Å². The van der Waals surface area contributed by atoms with Crippen molar-refractivity contribution in [2.75, 3.05) is 43.9 Å². The maximum atomic E-state index is 4.53. The minimum absolute atomic E-state index is 0.617. The first-order valence-corrected chi connectivity index (χ1v) is 7.18. The Morgan fingerprint density at radius 3 is 2.74 bits per heavy atom. The second-order valence-electron chi connectivity index (χ2n) is 5.12. The summed E-state index contributed by atoms with van der Waals surface area (Å²) in [4.78, 5) is 13.7. The van der Waals surface area contributed by atoms with E-state index in [0.29, 0.717) is 6.04 Å². The highest BCUT2D eigenvalue weighted by atomic mass is 15.3. The van der Waals surface area contributed by atoms with Crippen LogP contribution in [0.15, 0.2) is 6.33 Å².